The number of ether oxygens (including phenoxy) is 1. The fourth-order valence-electron chi connectivity index (χ4n) is 1.44. The van der Waals surface area contributed by atoms with Crippen LogP contribution in [0.15, 0.2) is 12.1 Å². The van der Waals surface area contributed by atoms with Crippen molar-refractivity contribution in [3.63, 3.8) is 0 Å². The maximum absolute atomic E-state index is 6.22. The number of methoxy groups -OCH3 is 1. The number of aryl methyl sites for hydroxylation is 1. The molecule has 0 bridgehead atoms. The molecule has 0 spiro atoms. The molecule has 1 aromatic carbocycles. The number of rotatable bonds is 3. The topological polar surface area (TPSA) is 35.2 Å². The van der Waals surface area contributed by atoms with Crippen LogP contribution < -0.4 is 10.5 Å². The summed E-state index contributed by atoms with van der Waals surface area (Å²) in [6.07, 6.45) is 0. The van der Waals surface area contributed by atoms with Crippen molar-refractivity contribution < 1.29 is 4.74 Å². The molecule has 0 heterocycles. The monoisotopic (exact) mass is 213 g/mol. The van der Waals surface area contributed by atoms with Crippen molar-refractivity contribution in [1.29, 1.82) is 0 Å². The molecule has 1 atom stereocenters. The Hall–Kier alpha value is -0.730. The maximum Gasteiger partial charge on any atom is 0.123 e. The van der Waals surface area contributed by atoms with Crippen molar-refractivity contribution in [3.05, 3.63) is 28.3 Å². The molecule has 1 rings (SSSR count). The molecule has 2 nitrogen and oxygen atoms in total. The molecule has 0 amide bonds. The Balaban J connectivity index is 3.27. The molecule has 0 fully saturated rings. The van der Waals surface area contributed by atoms with Gasteiger partial charge in [0.1, 0.15) is 5.75 Å². The molecule has 0 aromatic heterocycles. The lowest BCUT2D eigenvalue weighted by atomic mass is 9.98. The van der Waals surface area contributed by atoms with E-state index in [1.54, 1.807) is 7.11 Å². The highest BCUT2D eigenvalue weighted by molar-refractivity contribution is 6.32. The Labute approximate surface area is 90.0 Å². The Morgan fingerprint density at radius 3 is 2.64 bits per heavy atom. The lowest BCUT2D eigenvalue weighted by Gasteiger charge is -2.16. The Bertz CT molecular complexity index is 325. The zero-order valence-electron chi connectivity index (χ0n) is 8.80. The van der Waals surface area contributed by atoms with Gasteiger partial charge >= 0.3 is 0 Å². The van der Waals surface area contributed by atoms with Crippen molar-refractivity contribution in [2.75, 3.05) is 13.7 Å². The first kappa shape index (κ1) is 11.3. The van der Waals surface area contributed by atoms with Crippen LogP contribution >= 0.6 is 11.6 Å². The van der Waals surface area contributed by atoms with E-state index in [0.717, 1.165) is 21.9 Å². The van der Waals surface area contributed by atoms with E-state index < -0.39 is 0 Å². The van der Waals surface area contributed by atoms with Gasteiger partial charge in [-0.2, -0.15) is 0 Å². The smallest absolute Gasteiger partial charge is 0.123 e. The molecular formula is C11H16ClNO. The Kier molecular flexibility index (Phi) is 3.78. The second-order valence-electron chi connectivity index (χ2n) is 3.45. The first-order chi connectivity index (χ1) is 6.61. The molecule has 0 saturated heterocycles. The van der Waals surface area contributed by atoms with Gasteiger partial charge in [0.15, 0.2) is 0 Å². The SMILES string of the molecule is COc1ccc(C)c(Cl)c1C(C)CN. The van der Waals surface area contributed by atoms with Gasteiger partial charge in [-0.3, -0.25) is 0 Å². The summed E-state index contributed by atoms with van der Waals surface area (Å²) in [6.45, 7) is 4.59. The number of hydrogen-bond acceptors (Lipinski definition) is 2. The van der Waals surface area contributed by atoms with Crippen LogP contribution in [-0.4, -0.2) is 13.7 Å². The van der Waals surface area contributed by atoms with Crippen molar-refractivity contribution in [2.24, 2.45) is 5.73 Å². The molecule has 0 radical (unpaired) electrons. The highest BCUT2D eigenvalue weighted by Crippen LogP contribution is 2.34. The van der Waals surface area contributed by atoms with Gasteiger partial charge in [0.25, 0.3) is 0 Å². The second-order valence-corrected chi connectivity index (χ2v) is 3.83. The summed E-state index contributed by atoms with van der Waals surface area (Å²) in [4.78, 5) is 0. The lowest BCUT2D eigenvalue weighted by molar-refractivity contribution is 0.406. The van der Waals surface area contributed by atoms with Crippen LogP contribution in [0.4, 0.5) is 0 Å². The average molecular weight is 214 g/mol. The van der Waals surface area contributed by atoms with Gasteiger partial charge in [0.2, 0.25) is 0 Å². The van der Waals surface area contributed by atoms with Gasteiger partial charge in [-0.25, -0.2) is 0 Å². The molecular weight excluding hydrogens is 198 g/mol. The van der Waals surface area contributed by atoms with E-state index in [1.165, 1.54) is 0 Å². The van der Waals surface area contributed by atoms with Crippen LogP contribution in [0.5, 0.6) is 5.75 Å². The number of halogens is 1. The maximum atomic E-state index is 6.22. The summed E-state index contributed by atoms with van der Waals surface area (Å²) < 4.78 is 5.26. The van der Waals surface area contributed by atoms with Gasteiger partial charge in [-0.05, 0) is 31.0 Å². The van der Waals surface area contributed by atoms with Crippen LogP contribution in [0.1, 0.15) is 24.0 Å². The summed E-state index contributed by atoms with van der Waals surface area (Å²) in [6, 6.07) is 3.89. The molecule has 0 aliphatic rings. The first-order valence-electron chi connectivity index (χ1n) is 4.64. The minimum absolute atomic E-state index is 0.220. The summed E-state index contributed by atoms with van der Waals surface area (Å²) in [5.74, 6) is 1.04. The minimum atomic E-state index is 0.220. The van der Waals surface area contributed by atoms with E-state index >= 15 is 0 Å². The van der Waals surface area contributed by atoms with E-state index in [0.29, 0.717) is 6.54 Å². The molecule has 1 unspecified atom stereocenters. The standard InChI is InChI=1S/C11H16ClNO/c1-7-4-5-9(14-3)10(11(7)12)8(2)6-13/h4-5,8H,6,13H2,1-3H3. The van der Waals surface area contributed by atoms with Crippen LogP contribution in [-0.2, 0) is 0 Å². The fourth-order valence-corrected chi connectivity index (χ4v) is 1.78. The van der Waals surface area contributed by atoms with Crippen molar-refractivity contribution in [3.8, 4) is 5.75 Å². The third kappa shape index (κ3) is 2.02. The Morgan fingerprint density at radius 2 is 2.14 bits per heavy atom. The minimum Gasteiger partial charge on any atom is -0.496 e. The molecule has 1 aromatic rings. The van der Waals surface area contributed by atoms with Gasteiger partial charge in [-0.1, -0.05) is 24.6 Å². The molecule has 0 aliphatic heterocycles. The summed E-state index contributed by atoms with van der Waals surface area (Å²) in [7, 11) is 1.65. The highest BCUT2D eigenvalue weighted by Gasteiger charge is 2.15. The summed E-state index contributed by atoms with van der Waals surface area (Å²) >= 11 is 6.22. The van der Waals surface area contributed by atoms with Crippen LogP contribution in [0.2, 0.25) is 5.02 Å². The summed E-state index contributed by atoms with van der Waals surface area (Å²) in [5.41, 5.74) is 7.70. The molecule has 14 heavy (non-hydrogen) atoms. The van der Waals surface area contributed by atoms with Gasteiger partial charge in [0, 0.05) is 5.56 Å². The van der Waals surface area contributed by atoms with Crippen LogP contribution in [0.25, 0.3) is 0 Å². The van der Waals surface area contributed by atoms with Crippen molar-refractivity contribution in [1.82, 2.24) is 0 Å². The Morgan fingerprint density at radius 1 is 1.50 bits per heavy atom. The average Bonchev–Trinajstić information content (AvgIpc) is 2.20. The van der Waals surface area contributed by atoms with Crippen molar-refractivity contribution in [2.45, 2.75) is 19.8 Å². The predicted octanol–water partition coefficient (Wildman–Crippen LogP) is 2.72. The lowest BCUT2D eigenvalue weighted by Crippen LogP contribution is -2.11. The summed E-state index contributed by atoms with van der Waals surface area (Å²) in [5, 5.41) is 0.766. The zero-order chi connectivity index (χ0) is 10.7. The zero-order valence-corrected chi connectivity index (χ0v) is 9.56. The van der Waals surface area contributed by atoms with Crippen LogP contribution in [0, 0.1) is 6.92 Å². The molecule has 3 heteroatoms. The van der Waals surface area contributed by atoms with Gasteiger partial charge in [-0.15, -0.1) is 0 Å². The number of nitrogens with two attached hydrogens (primary N) is 1. The van der Waals surface area contributed by atoms with E-state index in [-0.39, 0.29) is 5.92 Å². The van der Waals surface area contributed by atoms with Gasteiger partial charge in [0.05, 0.1) is 12.1 Å². The second kappa shape index (κ2) is 4.67. The molecule has 0 aliphatic carbocycles. The molecule has 78 valence electrons. The van der Waals surface area contributed by atoms with Crippen molar-refractivity contribution >= 4 is 11.6 Å². The number of hydrogen-bond donors (Lipinski definition) is 1. The third-order valence-corrected chi connectivity index (χ3v) is 2.90. The van der Waals surface area contributed by atoms with E-state index in [9.17, 15) is 0 Å². The fraction of sp³-hybridized carbons (Fsp3) is 0.455. The van der Waals surface area contributed by atoms with E-state index in [1.807, 2.05) is 26.0 Å². The largest absolute Gasteiger partial charge is 0.496 e. The predicted molar refractivity (Wildman–Crippen MR) is 60.2 cm³/mol. The van der Waals surface area contributed by atoms with Gasteiger partial charge < -0.3 is 10.5 Å². The van der Waals surface area contributed by atoms with Crippen LogP contribution in [0.3, 0.4) is 0 Å². The highest BCUT2D eigenvalue weighted by atomic mass is 35.5. The third-order valence-electron chi connectivity index (χ3n) is 2.40. The molecule has 2 N–H and O–H groups in total. The first-order valence-corrected chi connectivity index (χ1v) is 5.02. The quantitative estimate of drug-likeness (QED) is 0.838. The normalized spacial score (nSPS) is 12.6. The molecule has 0 saturated carbocycles. The van der Waals surface area contributed by atoms with E-state index in [4.69, 9.17) is 22.1 Å². The number of benzene rings is 1. The van der Waals surface area contributed by atoms with E-state index in [2.05, 4.69) is 0 Å².